The molecule has 0 aromatic heterocycles. The molecule has 4 rings (SSSR count). The van der Waals surface area contributed by atoms with Crippen LogP contribution in [0.4, 0.5) is 5.69 Å². The predicted molar refractivity (Wildman–Crippen MR) is 165 cm³/mol. The van der Waals surface area contributed by atoms with Gasteiger partial charge in [0.15, 0.2) is 0 Å². The van der Waals surface area contributed by atoms with E-state index in [2.05, 4.69) is 5.32 Å². The van der Waals surface area contributed by atoms with E-state index in [4.69, 9.17) is 4.74 Å². The number of carbonyl (C=O) groups excluding carboxylic acids is 2. The molecule has 9 heteroatoms. The molecule has 224 valence electrons. The molecule has 1 aliphatic rings. The Balaban J connectivity index is 1.67. The Morgan fingerprint density at radius 2 is 1.60 bits per heavy atom. The number of hydrogen-bond donors (Lipinski definition) is 1. The predicted octanol–water partition coefficient (Wildman–Crippen LogP) is 5.19. The maximum atomic E-state index is 14.2. The molecule has 0 bridgehead atoms. The smallest absolute Gasteiger partial charge is 0.264 e. The zero-order valence-electron chi connectivity index (χ0n) is 24.4. The van der Waals surface area contributed by atoms with Crippen molar-refractivity contribution < 1.29 is 22.7 Å². The van der Waals surface area contributed by atoms with E-state index in [9.17, 15) is 18.0 Å². The number of nitrogens with one attached hydrogen (secondary N) is 1. The lowest BCUT2D eigenvalue weighted by Gasteiger charge is -2.34. The van der Waals surface area contributed by atoms with E-state index in [0.717, 1.165) is 35.6 Å². The maximum Gasteiger partial charge on any atom is 0.264 e. The first kappa shape index (κ1) is 31.1. The molecule has 0 saturated heterocycles. The van der Waals surface area contributed by atoms with Gasteiger partial charge < -0.3 is 15.0 Å². The summed E-state index contributed by atoms with van der Waals surface area (Å²) < 4.78 is 34.3. The number of ether oxygens (including phenoxy) is 1. The van der Waals surface area contributed by atoms with Crippen molar-refractivity contribution in [3.05, 3.63) is 90.5 Å². The molecule has 1 N–H and O–H groups in total. The van der Waals surface area contributed by atoms with Crippen molar-refractivity contribution in [2.24, 2.45) is 0 Å². The van der Waals surface area contributed by atoms with Crippen molar-refractivity contribution >= 4 is 27.5 Å². The summed E-state index contributed by atoms with van der Waals surface area (Å²) in [4.78, 5) is 29.4. The fourth-order valence-corrected chi connectivity index (χ4v) is 6.88. The Hall–Kier alpha value is -3.85. The molecular formula is C33H41N3O5S. The van der Waals surface area contributed by atoms with Crippen LogP contribution in [0.15, 0.2) is 89.8 Å². The van der Waals surface area contributed by atoms with Gasteiger partial charge in [0.25, 0.3) is 10.0 Å². The molecule has 0 radical (unpaired) electrons. The zero-order chi connectivity index (χ0) is 30.0. The number of hydrogen-bond acceptors (Lipinski definition) is 5. The first-order valence-electron chi connectivity index (χ1n) is 14.7. The number of carbonyl (C=O) groups is 2. The third-order valence-electron chi connectivity index (χ3n) is 7.77. The van der Waals surface area contributed by atoms with Crippen LogP contribution in [0.3, 0.4) is 0 Å². The fourth-order valence-electron chi connectivity index (χ4n) is 5.45. The number of amides is 2. The van der Waals surface area contributed by atoms with Crippen LogP contribution >= 0.6 is 0 Å². The highest BCUT2D eigenvalue weighted by Gasteiger charge is 2.34. The van der Waals surface area contributed by atoms with Crippen molar-refractivity contribution in [1.82, 2.24) is 10.2 Å². The van der Waals surface area contributed by atoms with Gasteiger partial charge in [-0.3, -0.25) is 13.9 Å². The van der Waals surface area contributed by atoms with Crippen molar-refractivity contribution in [2.75, 3.05) is 24.5 Å². The molecule has 42 heavy (non-hydrogen) atoms. The molecular weight excluding hydrogens is 550 g/mol. The van der Waals surface area contributed by atoms with Gasteiger partial charge in [-0.2, -0.15) is 0 Å². The second-order valence-corrected chi connectivity index (χ2v) is 12.5. The van der Waals surface area contributed by atoms with Crippen molar-refractivity contribution in [3.8, 4) is 5.75 Å². The van der Waals surface area contributed by atoms with E-state index in [0.29, 0.717) is 24.3 Å². The molecule has 1 atom stereocenters. The van der Waals surface area contributed by atoms with Gasteiger partial charge in [-0.15, -0.1) is 0 Å². The van der Waals surface area contributed by atoms with Crippen LogP contribution in [0.25, 0.3) is 0 Å². The maximum absolute atomic E-state index is 14.2. The minimum Gasteiger partial charge on any atom is -0.497 e. The highest BCUT2D eigenvalue weighted by Crippen LogP contribution is 2.27. The van der Waals surface area contributed by atoms with Crippen LogP contribution in [-0.2, 0) is 26.0 Å². The number of anilines is 1. The second-order valence-electron chi connectivity index (χ2n) is 10.6. The molecule has 0 heterocycles. The molecule has 3 aromatic rings. The summed E-state index contributed by atoms with van der Waals surface area (Å²) in [5.41, 5.74) is 1.33. The number of nitrogens with zero attached hydrogens (tertiary/aromatic N) is 2. The SMILES string of the molecule is CCC(C(=O)NC1CCCCC1)N(CCc1ccccc1)C(=O)CN(c1cccc(OC)c1)S(=O)(=O)c1ccccc1. The van der Waals surface area contributed by atoms with Gasteiger partial charge in [-0.1, -0.05) is 80.8 Å². The molecule has 2 amide bonds. The summed E-state index contributed by atoms with van der Waals surface area (Å²) in [6.45, 7) is 1.69. The first-order valence-corrected chi connectivity index (χ1v) is 16.1. The minimum absolute atomic E-state index is 0.0681. The third-order valence-corrected chi connectivity index (χ3v) is 9.56. The third kappa shape index (κ3) is 7.91. The van der Waals surface area contributed by atoms with Crippen molar-refractivity contribution in [3.63, 3.8) is 0 Å². The Morgan fingerprint density at radius 1 is 0.929 bits per heavy atom. The van der Waals surface area contributed by atoms with E-state index < -0.39 is 28.5 Å². The van der Waals surface area contributed by atoms with Crippen LogP contribution in [-0.4, -0.2) is 57.4 Å². The number of benzene rings is 3. The van der Waals surface area contributed by atoms with E-state index >= 15 is 0 Å². The summed E-state index contributed by atoms with van der Waals surface area (Å²) >= 11 is 0. The summed E-state index contributed by atoms with van der Waals surface area (Å²) in [7, 11) is -2.62. The van der Waals surface area contributed by atoms with Crippen LogP contribution in [0.1, 0.15) is 51.0 Å². The van der Waals surface area contributed by atoms with Gasteiger partial charge in [0, 0.05) is 18.7 Å². The first-order chi connectivity index (χ1) is 20.3. The van der Waals surface area contributed by atoms with Crippen LogP contribution in [0.5, 0.6) is 5.75 Å². The molecule has 1 aliphatic carbocycles. The fraction of sp³-hybridized carbons (Fsp3) is 0.394. The summed E-state index contributed by atoms with van der Waals surface area (Å²) in [5, 5.41) is 3.18. The van der Waals surface area contributed by atoms with E-state index in [-0.39, 0.29) is 23.4 Å². The van der Waals surface area contributed by atoms with Crippen LogP contribution in [0, 0.1) is 0 Å². The topological polar surface area (TPSA) is 96.0 Å². The molecule has 0 spiro atoms. The van der Waals surface area contributed by atoms with Crippen LogP contribution in [0.2, 0.25) is 0 Å². The summed E-state index contributed by atoms with van der Waals surface area (Å²) in [6.07, 6.45) is 6.12. The van der Waals surface area contributed by atoms with E-state index in [1.54, 1.807) is 47.4 Å². The van der Waals surface area contributed by atoms with Gasteiger partial charge in [0.05, 0.1) is 17.7 Å². The van der Waals surface area contributed by atoms with Gasteiger partial charge in [-0.05, 0) is 55.5 Å². The van der Waals surface area contributed by atoms with E-state index in [1.165, 1.54) is 25.7 Å². The van der Waals surface area contributed by atoms with Gasteiger partial charge in [0.2, 0.25) is 11.8 Å². The largest absolute Gasteiger partial charge is 0.497 e. The lowest BCUT2D eigenvalue weighted by atomic mass is 9.95. The monoisotopic (exact) mass is 591 g/mol. The molecule has 0 aliphatic heterocycles. The average Bonchev–Trinajstić information content (AvgIpc) is 3.03. The molecule has 8 nitrogen and oxygen atoms in total. The standard InChI is InChI=1S/C33H41N3O5S/c1-3-31(33(38)34-27-16-9-5-10-17-27)35(23-22-26-14-7-4-8-15-26)32(37)25-36(28-18-13-19-29(24-28)41-2)42(39,40)30-20-11-6-12-21-30/h4,6-8,11-15,18-21,24,27,31H,3,5,9-10,16-17,22-23,25H2,1-2H3,(H,34,38). The Bertz CT molecular complexity index is 1410. The highest BCUT2D eigenvalue weighted by atomic mass is 32.2. The Morgan fingerprint density at radius 3 is 2.24 bits per heavy atom. The van der Waals surface area contributed by atoms with Crippen molar-refractivity contribution in [2.45, 2.75) is 68.8 Å². The van der Waals surface area contributed by atoms with Gasteiger partial charge in [0.1, 0.15) is 18.3 Å². The van der Waals surface area contributed by atoms with Crippen molar-refractivity contribution in [1.29, 1.82) is 0 Å². The minimum atomic E-state index is -4.12. The number of methoxy groups -OCH3 is 1. The molecule has 1 saturated carbocycles. The number of rotatable bonds is 13. The summed E-state index contributed by atoms with van der Waals surface area (Å²) in [6, 6.07) is 23.8. The van der Waals surface area contributed by atoms with Gasteiger partial charge in [-0.25, -0.2) is 8.42 Å². The average molecular weight is 592 g/mol. The zero-order valence-corrected chi connectivity index (χ0v) is 25.3. The molecule has 1 fully saturated rings. The normalized spacial score (nSPS) is 14.5. The second kappa shape index (κ2) is 14.9. The number of sulfonamides is 1. The molecule has 3 aromatic carbocycles. The molecule has 1 unspecified atom stereocenters. The summed E-state index contributed by atoms with van der Waals surface area (Å²) in [5.74, 6) is -0.170. The highest BCUT2D eigenvalue weighted by molar-refractivity contribution is 7.92. The lowest BCUT2D eigenvalue weighted by Crippen LogP contribution is -2.54. The Kier molecular flexibility index (Phi) is 11.0. The van der Waals surface area contributed by atoms with E-state index in [1.807, 2.05) is 37.3 Å². The quantitative estimate of drug-likeness (QED) is 0.295. The van der Waals surface area contributed by atoms with Gasteiger partial charge >= 0.3 is 0 Å². The Labute approximate surface area is 249 Å². The van der Waals surface area contributed by atoms with Crippen LogP contribution < -0.4 is 14.4 Å². The lowest BCUT2D eigenvalue weighted by molar-refractivity contribution is -0.140.